The molecule has 0 saturated heterocycles. The number of nitrogens with zero attached hydrogens (tertiary/aromatic N) is 2. The summed E-state index contributed by atoms with van der Waals surface area (Å²) < 4.78 is 0. The second-order valence-corrected chi connectivity index (χ2v) is 2.67. The molecule has 1 N–H and O–H groups in total. The van der Waals surface area contributed by atoms with E-state index in [0.29, 0.717) is 5.56 Å². The fourth-order valence-electron chi connectivity index (χ4n) is 1.21. The van der Waals surface area contributed by atoms with E-state index in [2.05, 4.69) is 16.0 Å². The van der Waals surface area contributed by atoms with Crippen LogP contribution in [0.2, 0.25) is 0 Å². The standard InChI is InChI=1S/C9H7N3/c1-6-11-8-3-2-7(5-10)4-9(8)12-6/h2-4H,1H3,(H,11,12). The van der Waals surface area contributed by atoms with Crippen molar-refractivity contribution in [3.63, 3.8) is 0 Å². The summed E-state index contributed by atoms with van der Waals surface area (Å²) in [7, 11) is 0. The number of aromatic amines is 1. The molecular weight excluding hydrogens is 150 g/mol. The summed E-state index contributed by atoms with van der Waals surface area (Å²) in [6.45, 7) is 1.89. The smallest absolute Gasteiger partial charge is 0.104 e. The highest BCUT2D eigenvalue weighted by Crippen LogP contribution is 2.12. The minimum absolute atomic E-state index is 0.658. The molecule has 0 saturated carbocycles. The molecule has 0 radical (unpaired) electrons. The number of rotatable bonds is 0. The van der Waals surface area contributed by atoms with Crippen LogP contribution in [0, 0.1) is 18.3 Å². The summed E-state index contributed by atoms with van der Waals surface area (Å²) in [6, 6.07) is 7.49. The Labute approximate surface area is 69.7 Å². The second kappa shape index (κ2) is 2.35. The van der Waals surface area contributed by atoms with E-state index in [1.165, 1.54) is 0 Å². The Balaban J connectivity index is 2.77. The molecule has 1 aromatic heterocycles. The van der Waals surface area contributed by atoms with Gasteiger partial charge in [-0.15, -0.1) is 0 Å². The van der Waals surface area contributed by atoms with Gasteiger partial charge in [0.25, 0.3) is 0 Å². The Bertz CT molecular complexity index is 462. The molecule has 0 fully saturated rings. The van der Waals surface area contributed by atoms with Gasteiger partial charge >= 0.3 is 0 Å². The average molecular weight is 157 g/mol. The van der Waals surface area contributed by atoms with E-state index < -0.39 is 0 Å². The number of nitrogens with one attached hydrogen (secondary N) is 1. The highest BCUT2D eigenvalue weighted by molar-refractivity contribution is 5.76. The molecule has 2 rings (SSSR count). The van der Waals surface area contributed by atoms with Crippen LogP contribution in [0.3, 0.4) is 0 Å². The van der Waals surface area contributed by atoms with Gasteiger partial charge in [0.1, 0.15) is 5.82 Å². The zero-order valence-corrected chi connectivity index (χ0v) is 6.63. The molecule has 12 heavy (non-hydrogen) atoms. The van der Waals surface area contributed by atoms with Crippen molar-refractivity contribution in [2.45, 2.75) is 6.92 Å². The molecular formula is C9H7N3. The monoisotopic (exact) mass is 157 g/mol. The first-order chi connectivity index (χ1) is 5.79. The molecule has 0 aliphatic heterocycles. The lowest BCUT2D eigenvalue weighted by Gasteiger charge is -1.87. The summed E-state index contributed by atoms with van der Waals surface area (Å²) in [6.07, 6.45) is 0. The number of benzene rings is 1. The number of fused-ring (bicyclic) bond motifs is 1. The van der Waals surface area contributed by atoms with Gasteiger partial charge in [-0.25, -0.2) is 4.98 Å². The maximum absolute atomic E-state index is 8.62. The molecule has 58 valence electrons. The van der Waals surface area contributed by atoms with Crippen LogP contribution in [0.1, 0.15) is 11.4 Å². The van der Waals surface area contributed by atoms with E-state index in [1.54, 1.807) is 12.1 Å². The first kappa shape index (κ1) is 6.86. The normalized spacial score (nSPS) is 10.0. The maximum atomic E-state index is 8.62. The van der Waals surface area contributed by atoms with Crippen LogP contribution in [0.25, 0.3) is 11.0 Å². The van der Waals surface area contributed by atoms with E-state index in [0.717, 1.165) is 16.9 Å². The van der Waals surface area contributed by atoms with Crippen molar-refractivity contribution in [2.75, 3.05) is 0 Å². The van der Waals surface area contributed by atoms with Gasteiger partial charge in [0.2, 0.25) is 0 Å². The first-order valence-corrected chi connectivity index (χ1v) is 3.66. The van der Waals surface area contributed by atoms with Gasteiger partial charge in [0.05, 0.1) is 22.7 Å². The van der Waals surface area contributed by atoms with Crippen LogP contribution in [0.5, 0.6) is 0 Å². The predicted octanol–water partition coefficient (Wildman–Crippen LogP) is 1.74. The SMILES string of the molecule is Cc1nc2ccc(C#N)cc2[nH]1. The molecule has 1 heterocycles. The molecule has 0 bridgehead atoms. The van der Waals surface area contributed by atoms with Crippen molar-refractivity contribution in [1.29, 1.82) is 5.26 Å². The number of imidazole rings is 1. The number of aryl methyl sites for hydroxylation is 1. The van der Waals surface area contributed by atoms with E-state index in [9.17, 15) is 0 Å². The Hall–Kier alpha value is -1.82. The lowest BCUT2D eigenvalue weighted by atomic mass is 10.2. The Morgan fingerprint density at radius 3 is 3.08 bits per heavy atom. The third-order valence-electron chi connectivity index (χ3n) is 1.73. The Morgan fingerprint density at radius 2 is 2.33 bits per heavy atom. The van der Waals surface area contributed by atoms with Gasteiger partial charge in [-0.3, -0.25) is 0 Å². The van der Waals surface area contributed by atoms with Crippen molar-refractivity contribution >= 4 is 11.0 Å². The van der Waals surface area contributed by atoms with E-state index in [1.807, 2.05) is 13.0 Å². The highest BCUT2D eigenvalue weighted by Gasteiger charge is 1.98. The van der Waals surface area contributed by atoms with Gasteiger partial charge in [-0.1, -0.05) is 0 Å². The third kappa shape index (κ3) is 0.940. The van der Waals surface area contributed by atoms with Crippen LogP contribution in [0.4, 0.5) is 0 Å². The van der Waals surface area contributed by atoms with Crippen LogP contribution < -0.4 is 0 Å². The average Bonchev–Trinajstić information content (AvgIpc) is 2.43. The van der Waals surface area contributed by atoms with Crippen molar-refractivity contribution in [3.05, 3.63) is 29.6 Å². The molecule has 2 aromatic rings. The Kier molecular flexibility index (Phi) is 1.34. The Morgan fingerprint density at radius 1 is 1.50 bits per heavy atom. The lowest BCUT2D eigenvalue weighted by Crippen LogP contribution is -1.73. The molecule has 0 aliphatic carbocycles. The molecule has 0 amide bonds. The highest BCUT2D eigenvalue weighted by atomic mass is 14.9. The zero-order chi connectivity index (χ0) is 8.55. The number of aromatic nitrogens is 2. The van der Waals surface area contributed by atoms with Crippen LogP contribution >= 0.6 is 0 Å². The summed E-state index contributed by atoms with van der Waals surface area (Å²) in [5.41, 5.74) is 2.49. The van der Waals surface area contributed by atoms with Gasteiger partial charge in [0, 0.05) is 0 Å². The number of hydrogen-bond donors (Lipinski definition) is 1. The minimum Gasteiger partial charge on any atom is -0.342 e. The molecule has 3 heteroatoms. The lowest BCUT2D eigenvalue weighted by molar-refractivity contribution is 1.17. The van der Waals surface area contributed by atoms with Crippen LogP contribution in [-0.2, 0) is 0 Å². The number of hydrogen-bond acceptors (Lipinski definition) is 2. The summed E-state index contributed by atoms with van der Waals surface area (Å²) in [5, 5.41) is 8.62. The largest absolute Gasteiger partial charge is 0.342 e. The van der Waals surface area contributed by atoms with Gasteiger partial charge in [-0.2, -0.15) is 5.26 Å². The number of H-pyrrole nitrogens is 1. The minimum atomic E-state index is 0.658. The summed E-state index contributed by atoms with van der Waals surface area (Å²) in [4.78, 5) is 7.29. The third-order valence-corrected chi connectivity index (χ3v) is 1.73. The summed E-state index contributed by atoms with van der Waals surface area (Å²) in [5.74, 6) is 0.875. The topological polar surface area (TPSA) is 52.5 Å². The maximum Gasteiger partial charge on any atom is 0.104 e. The van der Waals surface area contributed by atoms with Crippen LogP contribution in [-0.4, -0.2) is 9.97 Å². The first-order valence-electron chi connectivity index (χ1n) is 3.66. The van der Waals surface area contributed by atoms with Gasteiger partial charge < -0.3 is 4.98 Å². The zero-order valence-electron chi connectivity index (χ0n) is 6.63. The fourth-order valence-corrected chi connectivity index (χ4v) is 1.21. The fraction of sp³-hybridized carbons (Fsp3) is 0.111. The molecule has 3 nitrogen and oxygen atoms in total. The second-order valence-electron chi connectivity index (χ2n) is 2.67. The quantitative estimate of drug-likeness (QED) is 0.633. The molecule has 0 aliphatic rings. The van der Waals surface area contributed by atoms with Crippen molar-refractivity contribution in [2.24, 2.45) is 0 Å². The van der Waals surface area contributed by atoms with Crippen molar-refractivity contribution < 1.29 is 0 Å². The van der Waals surface area contributed by atoms with Crippen molar-refractivity contribution in [1.82, 2.24) is 9.97 Å². The molecule has 1 aromatic carbocycles. The predicted molar refractivity (Wildman–Crippen MR) is 45.5 cm³/mol. The van der Waals surface area contributed by atoms with Crippen LogP contribution in [0.15, 0.2) is 18.2 Å². The van der Waals surface area contributed by atoms with Gasteiger partial charge in [0.15, 0.2) is 0 Å². The summed E-state index contributed by atoms with van der Waals surface area (Å²) >= 11 is 0. The van der Waals surface area contributed by atoms with E-state index in [4.69, 9.17) is 5.26 Å². The van der Waals surface area contributed by atoms with E-state index in [-0.39, 0.29) is 0 Å². The molecule has 0 atom stereocenters. The van der Waals surface area contributed by atoms with Gasteiger partial charge in [-0.05, 0) is 25.1 Å². The molecule has 0 unspecified atom stereocenters. The number of nitriles is 1. The van der Waals surface area contributed by atoms with Crippen molar-refractivity contribution in [3.8, 4) is 6.07 Å². The molecule has 0 spiro atoms. The van der Waals surface area contributed by atoms with E-state index >= 15 is 0 Å².